The number of benzene rings is 4. The molecule has 2 amide bonds. The van der Waals surface area contributed by atoms with E-state index in [4.69, 9.17) is 0 Å². The maximum atomic E-state index is 14.3. The fourth-order valence-electron chi connectivity index (χ4n) is 4.74. The zero-order chi connectivity index (χ0) is 30.8. The number of carbonyl (C=O) groups is 2. The normalized spacial score (nSPS) is 11.9. The molecule has 43 heavy (non-hydrogen) atoms. The Morgan fingerprint density at radius 2 is 1.49 bits per heavy atom. The highest BCUT2D eigenvalue weighted by Gasteiger charge is 2.34. The molecular formula is C34H36FN3O4S. The Kier molecular flexibility index (Phi) is 10.7. The zero-order valence-electron chi connectivity index (χ0n) is 24.3. The number of hydrogen-bond acceptors (Lipinski definition) is 4. The van der Waals surface area contributed by atoms with Gasteiger partial charge in [-0.2, -0.15) is 0 Å². The van der Waals surface area contributed by atoms with E-state index in [0.29, 0.717) is 24.2 Å². The second kappa shape index (κ2) is 14.6. The first-order chi connectivity index (χ1) is 20.7. The van der Waals surface area contributed by atoms with Crippen LogP contribution < -0.4 is 9.62 Å². The Bertz CT molecular complexity index is 1610. The number of anilines is 1. The van der Waals surface area contributed by atoms with Crippen molar-refractivity contribution < 1.29 is 22.4 Å². The summed E-state index contributed by atoms with van der Waals surface area (Å²) in [7, 11) is -4.16. The van der Waals surface area contributed by atoms with Gasteiger partial charge in [-0.3, -0.25) is 13.9 Å². The van der Waals surface area contributed by atoms with Gasteiger partial charge in [0.05, 0.1) is 10.6 Å². The van der Waals surface area contributed by atoms with Gasteiger partial charge in [0.25, 0.3) is 10.0 Å². The molecule has 4 aromatic rings. The lowest BCUT2D eigenvalue weighted by Crippen LogP contribution is -2.53. The summed E-state index contributed by atoms with van der Waals surface area (Å²) in [6, 6.07) is 28.9. The number of nitrogens with zero attached hydrogens (tertiary/aromatic N) is 2. The number of sulfonamides is 1. The lowest BCUT2D eigenvalue weighted by molar-refractivity contribution is -0.140. The van der Waals surface area contributed by atoms with E-state index in [1.54, 1.807) is 48.5 Å². The molecule has 4 rings (SSSR count). The number of rotatable bonds is 13. The van der Waals surface area contributed by atoms with Crippen LogP contribution >= 0.6 is 0 Å². The molecule has 1 atom stereocenters. The molecule has 0 saturated carbocycles. The minimum Gasteiger partial charge on any atom is -0.354 e. The quantitative estimate of drug-likeness (QED) is 0.219. The van der Waals surface area contributed by atoms with E-state index in [0.717, 1.165) is 15.4 Å². The summed E-state index contributed by atoms with van der Waals surface area (Å²) < 4.78 is 42.8. The highest BCUT2D eigenvalue weighted by Crippen LogP contribution is 2.26. The standard InChI is InChI=1S/C34H36FN3O4S/c1-3-21-36-34(40)32(23-27-12-6-4-7-13-27)37(24-28-17-19-29(35)20-18-28)33(39)25-38(30-14-10-11-26(2)22-30)43(41,42)31-15-8-5-9-16-31/h4-20,22,32H,3,21,23-25H2,1-2H3,(H,36,40)/t32-/m0/s1. The number of nitrogens with one attached hydrogen (secondary N) is 1. The molecule has 0 aromatic heterocycles. The topological polar surface area (TPSA) is 86.8 Å². The second-order valence-electron chi connectivity index (χ2n) is 10.3. The number of halogens is 1. The summed E-state index contributed by atoms with van der Waals surface area (Å²) in [4.78, 5) is 29.4. The molecule has 4 aromatic carbocycles. The first-order valence-electron chi connectivity index (χ1n) is 14.2. The summed E-state index contributed by atoms with van der Waals surface area (Å²) in [5.41, 5.74) is 2.59. The molecule has 9 heteroatoms. The van der Waals surface area contributed by atoms with E-state index in [9.17, 15) is 22.4 Å². The molecule has 0 unspecified atom stereocenters. The van der Waals surface area contributed by atoms with Crippen LogP contribution in [0.1, 0.15) is 30.0 Å². The van der Waals surface area contributed by atoms with E-state index in [1.165, 1.54) is 29.2 Å². The number of amides is 2. The highest BCUT2D eigenvalue weighted by atomic mass is 32.2. The van der Waals surface area contributed by atoms with Gasteiger partial charge in [-0.25, -0.2) is 12.8 Å². The molecule has 0 aliphatic heterocycles. The van der Waals surface area contributed by atoms with E-state index in [2.05, 4.69) is 5.32 Å². The molecule has 0 radical (unpaired) electrons. The van der Waals surface area contributed by atoms with E-state index < -0.39 is 34.3 Å². The lowest BCUT2D eigenvalue weighted by atomic mass is 10.0. The monoisotopic (exact) mass is 601 g/mol. The molecule has 0 saturated heterocycles. The van der Waals surface area contributed by atoms with Gasteiger partial charge < -0.3 is 10.2 Å². The summed E-state index contributed by atoms with van der Waals surface area (Å²) in [5.74, 6) is -1.35. The second-order valence-corrected chi connectivity index (χ2v) is 12.2. The Hall–Kier alpha value is -4.50. The van der Waals surface area contributed by atoms with Crippen molar-refractivity contribution in [3.8, 4) is 0 Å². The van der Waals surface area contributed by atoms with Crippen LogP contribution in [0.25, 0.3) is 0 Å². The van der Waals surface area contributed by atoms with Crippen molar-refractivity contribution in [3.05, 3.63) is 132 Å². The van der Waals surface area contributed by atoms with E-state index in [-0.39, 0.29) is 23.8 Å². The van der Waals surface area contributed by atoms with Crippen molar-refractivity contribution in [3.63, 3.8) is 0 Å². The summed E-state index contributed by atoms with van der Waals surface area (Å²) >= 11 is 0. The molecule has 0 aliphatic rings. The Morgan fingerprint density at radius 3 is 2.12 bits per heavy atom. The molecule has 224 valence electrons. The van der Waals surface area contributed by atoms with Crippen molar-refractivity contribution >= 4 is 27.5 Å². The molecule has 0 spiro atoms. The van der Waals surface area contributed by atoms with Crippen LogP contribution in [0, 0.1) is 12.7 Å². The lowest BCUT2D eigenvalue weighted by Gasteiger charge is -2.34. The van der Waals surface area contributed by atoms with Gasteiger partial charge in [0.2, 0.25) is 11.8 Å². The molecule has 0 aliphatic carbocycles. The van der Waals surface area contributed by atoms with Crippen LogP contribution in [0.15, 0.2) is 114 Å². The van der Waals surface area contributed by atoms with Crippen LogP contribution in [0.3, 0.4) is 0 Å². The van der Waals surface area contributed by atoms with Crippen LogP contribution in [0.5, 0.6) is 0 Å². The third-order valence-corrected chi connectivity index (χ3v) is 8.77. The number of hydrogen-bond donors (Lipinski definition) is 1. The average molecular weight is 602 g/mol. The van der Waals surface area contributed by atoms with Gasteiger partial charge in [-0.1, -0.05) is 79.7 Å². The van der Waals surface area contributed by atoms with Crippen LogP contribution in [-0.4, -0.2) is 44.3 Å². The molecule has 0 bridgehead atoms. The summed E-state index contributed by atoms with van der Waals surface area (Å²) in [6.07, 6.45) is 0.908. The average Bonchev–Trinajstić information content (AvgIpc) is 3.02. The van der Waals surface area contributed by atoms with Gasteiger partial charge in [-0.15, -0.1) is 0 Å². The van der Waals surface area contributed by atoms with E-state index >= 15 is 0 Å². The zero-order valence-corrected chi connectivity index (χ0v) is 25.1. The third kappa shape index (κ3) is 8.29. The fourth-order valence-corrected chi connectivity index (χ4v) is 6.17. The van der Waals surface area contributed by atoms with Gasteiger partial charge in [-0.05, 0) is 66.4 Å². The predicted molar refractivity (Wildman–Crippen MR) is 166 cm³/mol. The predicted octanol–water partition coefficient (Wildman–Crippen LogP) is 5.50. The molecule has 0 fully saturated rings. The SMILES string of the molecule is CCCNC(=O)[C@H](Cc1ccccc1)N(Cc1ccc(F)cc1)C(=O)CN(c1cccc(C)c1)S(=O)(=O)c1ccccc1. The van der Waals surface area contributed by atoms with Gasteiger partial charge >= 0.3 is 0 Å². The van der Waals surface area contributed by atoms with Crippen molar-refractivity contribution in [2.24, 2.45) is 0 Å². The molecule has 0 heterocycles. The Morgan fingerprint density at radius 1 is 0.837 bits per heavy atom. The maximum Gasteiger partial charge on any atom is 0.264 e. The van der Waals surface area contributed by atoms with Crippen molar-refractivity contribution in [2.45, 2.75) is 44.2 Å². The molecular weight excluding hydrogens is 565 g/mol. The minimum atomic E-state index is -4.16. The van der Waals surface area contributed by atoms with Gasteiger partial charge in [0.15, 0.2) is 0 Å². The Balaban J connectivity index is 1.78. The smallest absolute Gasteiger partial charge is 0.264 e. The summed E-state index contributed by atoms with van der Waals surface area (Å²) in [5, 5.41) is 2.91. The van der Waals surface area contributed by atoms with Crippen LogP contribution in [0.2, 0.25) is 0 Å². The number of carbonyl (C=O) groups excluding carboxylic acids is 2. The van der Waals surface area contributed by atoms with Gasteiger partial charge in [0.1, 0.15) is 18.4 Å². The van der Waals surface area contributed by atoms with Crippen LogP contribution in [-0.2, 0) is 32.6 Å². The maximum absolute atomic E-state index is 14.3. The summed E-state index contributed by atoms with van der Waals surface area (Å²) in [6.45, 7) is 3.62. The number of aryl methyl sites for hydroxylation is 1. The minimum absolute atomic E-state index is 0.0246. The first-order valence-corrected chi connectivity index (χ1v) is 15.6. The molecule has 7 nitrogen and oxygen atoms in total. The van der Waals surface area contributed by atoms with Gasteiger partial charge in [0, 0.05) is 19.5 Å². The fraction of sp³-hybridized carbons (Fsp3) is 0.235. The third-order valence-electron chi connectivity index (χ3n) is 6.99. The van der Waals surface area contributed by atoms with Crippen LogP contribution in [0.4, 0.5) is 10.1 Å². The first kappa shape index (κ1) is 31.4. The van der Waals surface area contributed by atoms with Crippen molar-refractivity contribution in [1.82, 2.24) is 10.2 Å². The highest BCUT2D eigenvalue weighted by molar-refractivity contribution is 7.92. The van der Waals surface area contributed by atoms with E-state index in [1.807, 2.05) is 50.2 Å². The van der Waals surface area contributed by atoms with Crippen molar-refractivity contribution in [1.29, 1.82) is 0 Å². The molecule has 1 N–H and O–H groups in total. The largest absolute Gasteiger partial charge is 0.354 e. The van der Waals surface area contributed by atoms with Crippen molar-refractivity contribution in [2.75, 3.05) is 17.4 Å². The Labute approximate surface area is 253 Å².